The molecular formula is C18H20N2O2S. The number of nitrogens with one attached hydrogen (secondary N) is 1. The van der Waals surface area contributed by atoms with Crippen LogP contribution in [-0.4, -0.2) is 29.8 Å². The Labute approximate surface area is 140 Å². The van der Waals surface area contributed by atoms with E-state index >= 15 is 0 Å². The molecule has 120 valence electrons. The van der Waals surface area contributed by atoms with E-state index in [4.69, 9.17) is 0 Å². The summed E-state index contributed by atoms with van der Waals surface area (Å²) in [7, 11) is 0. The predicted octanol–water partition coefficient (Wildman–Crippen LogP) is 2.38. The van der Waals surface area contributed by atoms with Gasteiger partial charge in [0.25, 0.3) is 0 Å². The van der Waals surface area contributed by atoms with E-state index in [0.717, 1.165) is 17.8 Å². The molecule has 2 amide bonds. The maximum absolute atomic E-state index is 12.3. The molecule has 2 aromatic rings. The van der Waals surface area contributed by atoms with Gasteiger partial charge in [0.1, 0.15) is 0 Å². The minimum atomic E-state index is -0.0239. The predicted molar refractivity (Wildman–Crippen MR) is 91.2 cm³/mol. The van der Waals surface area contributed by atoms with Crippen LogP contribution in [0.3, 0.4) is 0 Å². The molecule has 0 saturated heterocycles. The number of carbonyl (C=O) groups excluding carboxylic acids is 2. The van der Waals surface area contributed by atoms with Crippen LogP contribution in [0.1, 0.15) is 22.4 Å². The summed E-state index contributed by atoms with van der Waals surface area (Å²) in [5, 5.41) is 4.79. The summed E-state index contributed by atoms with van der Waals surface area (Å²) in [6.07, 6.45) is 1.66. The SMILES string of the molecule is O=C(Cc1cccs1)NCCC(=O)N1CCc2ccccc2C1. The van der Waals surface area contributed by atoms with Gasteiger partial charge in [-0.15, -0.1) is 11.3 Å². The molecule has 0 radical (unpaired) electrons. The van der Waals surface area contributed by atoms with Crippen molar-refractivity contribution in [3.63, 3.8) is 0 Å². The standard InChI is InChI=1S/C18H20N2O2S/c21-17(12-16-6-3-11-23-16)19-9-7-18(22)20-10-8-14-4-1-2-5-15(14)13-20/h1-6,11H,7-10,12-13H2,(H,19,21). The lowest BCUT2D eigenvalue weighted by Gasteiger charge is -2.29. The summed E-state index contributed by atoms with van der Waals surface area (Å²) >= 11 is 1.57. The molecule has 5 heteroatoms. The van der Waals surface area contributed by atoms with Gasteiger partial charge >= 0.3 is 0 Å². The topological polar surface area (TPSA) is 49.4 Å². The molecule has 1 aliphatic rings. The Morgan fingerprint density at radius 3 is 2.74 bits per heavy atom. The van der Waals surface area contributed by atoms with Crippen LogP contribution in [0.15, 0.2) is 41.8 Å². The van der Waals surface area contributed by atoms with E-state index in [-0.39, 0.29) is 11.8 Å². The lowest BCUT2D eigenvalue weighted by Crippen LogP contribution is -2.38. The molecule has 1 aliphatic heterocycles. The Kier molecular flexibility index (Phi) is 5.08. The van der Waals surface area contributed by atoms with Gasteiger partial charge in [-0.3, -0.25) is 9.59 Å². The van der Waals surface area contributed by atoms with Gasteiger partial charge in [-0.2, -0.15) is 0 Å². The number of thiophene rings is 1. The second kappa shape index (κ2) is 7.42. The quantitative estimate of drug-likeness (QED) is 0.916. The molecule has 0 spiro atoms. The van der Waals surface area contributed by atoms with Crippen molar-refractivity contribution in [3.8, 4) is 0 Å². The summed E-state index contributed by atoms with van der Waals surface area (Å²) in [5.74, 6) is 0.0835. The van der Waals surface area contributed by atoms with E-state index in [9.17, 15) is 9.59 Å². The Morgan fingerprint density at radius 2 is 1.96 bits per heavy atom. The maximum Gasteiger partial charge on any atom is 0.225 e. The van der Waals surface area contributed by atoms with E-state index in [1.54, 1.807) is 11.3 Å². The number of carbonyl (C=O) groups is 2. The fourth-order valence-electron chi connectivity index (χ4n) is 2.81. The van der Waals surface area contributed by atoms with E-state index in [1.807, 2.05) is 34.5 Å². The molecule has 4 nitrogen and oxygen atoms in total. The first-order valence-electron chi connectivity index (χ1n) is 7.86. The van der Waals surface area contributed by atoms with Crippen molar-refractivity contribution in [2.75, 3.05) is 13.1 Å². The largest absolute Gasteiger partial charge is 0.355 e. The first kappa shape index (κ1) is 15.7. The molecule has 2 heterocycles. The number of hydrogen-bond donors (Lipinski definition) is 1. The van der Waals surface area contributed by atoms with Crippen molar-refractivity contribution in [1.82, 2.24) is 10.2 Å². The van der Waals surface area contributed by atoms with Crippen molar-refractivity contribution in [3.05, 3.63) is 57.8 Å². The zero-order valence-electron chi connectivity index (χ0n) is 13.0. The minimum absolute atomic E-state index is 0.0239. The van der Waals surface area contributed by atoms with Crippen LogP contribution >= 0.6 is 11.3 Å². The van der Waals surface area contributed by atoms with Gasteiger partial charge in [0.2, 0.25) is 11.8 Å². The van der Waals surface area contributed by atoms with E-state index in [1.165, 1.54) is 11.1 Å². The average Bonchev–Trinajstić information content (AvgIpc) is 3.07. The normalized spacial score (nSPS) is 13.5. The molecule has 0 unspecified atom stereocenters. The number of benzene rings is 1. The van der Waals surface area contributed by atoms with E-state index < -0.39 is 0 Å². The molecule has 1 aromatic carbocycles. The monoisotopic (exact) mass is 328 g/mol. The zero-order valence-corrected chi connectivity index (χ0v) is 13.8. The lowest BCUT2D eigenvalue weighted by molar-refractivity contribution is -0.132. The highest BCUT2D eigenvalue weighted by atomic mass is 32.1. The van der Waals surface area contributed by atoms with Gasteiger partial charge < -0.3 is 10.2 Å². The van der Waals surface area contributed by atoms with Crippen LogP contribution in [0.5, 0.6) is 0 Å². The summed E-state index contributed by atoms with van der Waals surface area (Å²) in [6, 6.07) is 12.1. The molecular weight excluding hydrogens is 308 g/mol. The number of fused-ring (bicyclic) bond motifs is 1. The second-order valence-corrected chi connectivity index (χ2v) is 6.72. The molecule has 1 N–H and O–H groups in total. The van der Waals surface area contributed by atoms with Crippen molar-refractivity contribution in [2.24, 2.45) is 0 Å². The number of amides is 2. The van der Waals surface area contributed by atoms with Gasteiger partial charge in [-0.25, -0.2) is 0 Å². The lowest BCUT2D eigenvalue weighted by atomic mass is 10.00. The van der Waals surface area contributed by atoms with Crippen LogP contribution in [-0.2, 0) is 29.0 Å². The van der Waals surface area contributed by atoms with Gasteiger partial charge in [0.05, 0.1) is 6.42 Å². The van der Waals surface area contributed by atoms with Crippen molar-refractivity contribution >= 4 is 23.2 Å². The highest BCUT2D eigenvalue weighted by Gasteiger charge is 2.19. The molecule has 23 heavy (non-hydrogen) atoms. The fraction of sp³-hybridized carbons (Fsp3) is 0.333. The first-order chi connectivity index (χ1) is 11.2. The van der Waals surface area contributed by atoms with Crippen LogP contribution in [0, 0.1) is 0 Å². The first-order valence-corrected chi connectivity index (χ1v) is 8.74. The van der Waals surface area contributed by atoms with Crippen LogP contribution < -0.4 is 5.32 Å². The minimum Gasteiger partial charge on any atom is -0.355 e. The fourth-order valence-corrected chi connectivity index (χ4v) is 3.51. The van der Waals surface area contributed by atoms with Crippen LogP contribution in [0.25, 0.3) is 0 Å². The molecule has 0 fully saturated rings. The Bertz CT molecular complexity index is 682. The maximum atomic E-state index is 12.3. The van der Waals surface area contributed by atoms with Crippen molar-refractivity contribution in [2.45, 2.75) is 25.8 Å². The van der Waals surface area contributed by atoms with Crippen molar-refractivity contribution < 1.29 is 9.59 Å². The molecule has 3 rings (SSSR count). The third kappa shape index (κ3) is 4.20. The van der Waals surface area contributed by atoms with Gasteiger partial charge in [0.15, 0.2) is 0 Å². The smallest absolute Gasteiger partial charge is 0.225 e. The van der Waals surface area contributed by atoms with Gasteiger partial charge in [-0.05, 0) is 29.0 Å². The van der Waals surface area contributed by atoms with Crippen molar-refractivity contribution in [1.29, 1.82) is 0 Å². The van der Waals surface area contributed by atoms with Crippen LogP contribution in [0.2, 0.25) is 0 Å². The third-order valence-corrected chi connectivity index (χ3v) is 4.94. The van der Waals surface area contributed by atoms with E-state index in [2.05, 4.69) is 17.4 Å². The van der Waals surface area contributed by atoms with E-state index in [0.29, 0.717) is 25.9 Å². The summed E-state index contributed by atoms with van der Waals surface area (Å²) in [5.41, 5.74) is 2.56. The summed E-state index contributed by atoms with van der Waals surface area (Å²) in [6.45, 7) is 1.85. The third-order valence-electron chi connectivity index (χ3n) is 4.06. The average molecular weight is 328 g/mol. The molecule has 0 bridgehead atoms. The van der Waals surface area contributed by atoms with Crippen LogP contribution in [0.4, 0.5) is 0 Å². The molecule has 0 atom stereocenters. The second-order valence-electron chi connectivity index (χ2n) is 5.69. The van der Waals surface area contributed by atoms with Gasteiger partial charge in [0, 0.05) is 30.9 Å². The molecule has 1 aromatic heterocycles. The Balaban J connectivity index is 1.42. The Hall–Kier alpha value is -2.14. The highest BCUT2D eigenvalue weighted by molar-refractivity contribution is 7.10. The number of nitrogens with zero attached hydrogens (tertiary/aromatic N) is 1. The highest BCUT2D eigenvalue weighted by Crippen LogP contribution is 2.18. The summed E-state index contributed by atoms with van der Waals surface area (Å²) < 4.78 is 0. The molecule has 0 saturated carbocycles. The summed E-state index contributed by atoms with van der Waals surface area (Å²) in [4.78, 5) is 27.0. The van der Waals surface area contributed by atoms with Gasteiger partial charge in [-0.1, -0.05) is 30.3 Å². The zero-order chi connectivity index (χ0) is 16.1. The Morgan fingerprint density at radius 1 is 1.13 bits per heavy atom. The number of hydrogen-bond acceptors (Lipinski definition) is 3. The number of rotatable bonds is 5. The molecule has 0 aliphatic carbocycles.